The van der Waals surface area contributed by atoms with Gasteiger partial charge in [0.05, 0.1) is 27.4 Å². The maximum atomic E-state index is 12.8. The van der Waals surface area contributed by atoms with Crippen molar-refractivity contribution >= 4 is 23.2 Å². The Morgan fingerprint density at radius 1 is 1.16 bits per heavy atom. The molecule has 7 nitrogen and oxygen atoms in total. The molecule has 0 radical (unpaired) electrons. The van der Waals surface area contributed by atoms with Crippen LogP contribution in [0.2, 0.25) is 0 Å². The van der Waals surface area contributed by atoms with E-state index >= 15 is 0 Å². The van der Waals surface area contributed by atoms with Crippen LogP contribution in [-0.4, -0.2) is 56.2 Å². The molecule has 2 aromatic rings. The summed E-state index contributed by atoms with van der Waals surface area (Å²) in [6.07, 6.45) is 0. The summed E-state index contributed by atoms with van der Waals surface area (Å²) in [5.74, 6) is 0.0459. The summed E-state index contributed by atoms with van der Waals surface area (Å²) < 4.78 is 14.8. The van der Waals surface area contributed by atoms with Crippen LogP contribution >= 0.6 is 11.3 Å². The Morgan fingerprint density at radius 3 is 2.48 bits per heavy atom. The van der Waals surface area contributed by atoms with E-state index in [1.54, 1.807) is 48.8 Å². The molecule has 0 bridgehead atoms. The number of amides is 1. The number of methoxy groups -OCH3 is 3. The largest absolute Gasteiger partial charge is 0.497 e. The van der Waals surface area contributed by atoms with Gasteiger partial charge in [0, 0.05) is 24.6 Å². The van der Waals surface area contributed by atoms with Gasteiger partial charge in [0.1, 0.15) is 10.8 Å². The minimum atomic E-state index is -0.493. The molecule has 1 heterocycles. The number of esters is 1. The highest BCUT2D eigenvalue weighted by Gasteiger charge is 2.19. The molecule has 0 spiro atoms. The zero-order chi connectivity index (χ0) is 18.2. The Labute approximate surface area is 150 Å². The van der Waals surface area contributed by atoms with Crippen LogP contribution in [0.1, 0.15) is 25.9 Å². The second-order valence-electron chi connectivity index (χ2n) is 5.07. The summed E-state index contributed by atoms with van der Waals surface area (Å²) in [4.78, 5) is 30.1. The van der Waals surface area contributed by atoms with E-state index in [2.05, 4.69) is 9.72 Å². The summed E-state index contributed by atoms with van der Waals surface area (Å²) in [5.41, 5.74) is 0.785. The molecule has 2 rings (SSSR count). The fourth-order valence-electron chi connectivity index (χ4n) is 2.12. The lowest BCUT2D eigenvalue weighted by Gasteiger charge is -2.21. The van der Waals surface area contributed by atoms with E-state index in [-0.39, 0.29) is 18.1 Å². The Balaban J connectivity index is 2.15. The molecule has 0 saturated heterocycles. The van der Waals surface area contributed by atoms with E-state index in [0.29, 0.717) is 29.5 Å². The average molecular weight is 364 g/mol. The molecular weight excluding hydrogens is 344 g/mol. The van der Waals surface area contributed by atoms with Gasteiger partial charge >= 0.3 is 5.97 Å². The van der Waals surface area contributed by atoms with Gasteiger partial charge < -0.3 is 19.1 Å². The molecule has 1 amide bonds. The molecular formula is C17H20N2O5S. The number of thiazole rings is 1. The second kappa shape index (κ2) is 9.14. The van der Waals surface area contributed by atoms with Gasteiger partial charge in [0.15, 0.2) is 5.69 Å². The molecule has 134 valence electrons. The molecule has 0 aliphatic rings. The number of carbonyl (C=O) groups is 2. The molecule has 0 saturated carbocycles. The minimum absolute atomic E-state index is 0.144. The second-order valence-corrected chi connectivity index (χ2v) is 6.01. The van der Waals surface area contributed by atoms with Crippen LogP contribution in [0.25, 0.3) is 0 Å². The monoisotopic (exact) mass is 364 g/mol. The number of hydrogen-bond acceptors (Lipinski definition) is 7. The van der Waals surface area contributed by atoms with Crippen molar-refractivity contribution in [2.24, 2.45) is 0 Å². The van der Waals surface area contributed by atoms with Gasteiger partial charge in [-0.15, -0.1) is 11.3 Å². The molecule has 8 heteroatoms. The highest BCUT2D eigenvalue weighted by atomic mass is 32.1. The Bertz CT molecular complexity index is 714. The number of ether oxygens (including phenoxy) is 3. The maximum absolute atomic E-state index is 12.8. The Kier molecular flexibility index (Phi) is 6.91. The summed E-state index contributed by atoms with van der Waals surface area (Å²) >= 11 is 1.31. The zero-order valence-corrected chi connectivity index (χ0v) is 15.2. The lowest BCUT2D eigenvalue weighted by Crippen LogP contribution is -2.33. The average Bonchev–Trinajstić information content (AvgIpc) is 3.12. The van der Waals surface area contributed by atoms with Crippen LogP contribution in [-0.2, 0) is 16.0 Å². The maximum Gasteiger partial charge on any atom is 0.357 e. The molecule has 0 aliphatic heterocycles. The van der Waals surface area contributed by atoms with Crippen LogP contribution in [0.5, 0.6) is 5.75 Å². The van der Waals surface area contributed by atoms with Gasteiger partial charge in [0.2, 0.25) is 0 Å². The number of nitrogens with zero attached hydrogens (tertiary/aromatic N) is 2. The van der Waals surface area contributed by atoms with Gasteiger partial charge in [0.25, 0.3) is 5.91 Å². The van der Waals surface area contributed by atoms with Gasteiger partial charge in [-0.1, -0.05) is 0 Å². The molecule has 0 fully saturated rings. The van der Waals surface area contributed by atoms with E-state index in [9.17, 15) is 9.59 Å². The van der Waals surface area contributed by atoms with Crippen LogP contribution in [0.15, 0.2) is 29.6 Å². The standard InChI is InChI=1S/C17H20N2O5S/c1-22-9-8-19(10-15-18-14(11-25-15)17(21)24-3)16(20)12-4-6-13(23-2)7-5-12/h4-7,11H,8-10H2,1-3H3. The van der Waals surface area contributed by atoms with Crippen molar-refractivity contribution in [3.63, 3.8) is 0 Å². The molecule has 1 aromatic carbocycles. The smallest absolute Gasteiger partial charge is 0.357 e. The third-order valence-corrected chi connectivity index (χ3v) is 4.30. The highest BCUT2D eigenvalue weighted by Crippen LogP contribution is 2.17. The number of benzene rings is 1. The Morgan fingerprint density at radius 2 is 1.88 bits per heavy atom. The van der Waals surface area contributed by atoms with Crippen molar-refractivity contribution in [3.8, 4) is 5.75 Å². The first-order valence-electron chi connectivity index (χ1n) is 7.54. The zero-order valence-electron chi connectivity index (χ0n) is 14.4. The number of rotatable bonds is 8. The number of aromatic nitrogens is 1. The lowest BCUT2D eigenvalue weighted by atomic mass is 10.2. The normalized spacial score (nSPS) is 10.4. The van der Waals surface area contributed by atoms with Gasteiger partial charge in [-0.3, -0.25) is 4.79 Å². The predicted octanol–water partition coefficient (Wildman–Crippen LogP) is 2.23. The minimum Gasteiger partial charge on any atom is -0.497 e. The van der Waals surface area contributed by atoms with Gasteiger partial charge in [-0.05, 0) is 24.3 Å². The summed E-state index contributed by atoms with van der Waals surface area (Å²) in [6.45, 7) is 1.10. The van der Waals surface area contributed by atoms with Gasteiger partial charge in [-0.25, -0.2) is 9.78 Å². The summed E-state index contributed by atoms with van der Waals surface area (Å²) in [7, 11) is 4.46. The van der Waals surface area contributed by atoms with Crippen LogP contribution in [0, 0.1) is 0 Å². The number of carbonyl (C=O) groups excluding carboxylic acids is 2. The van der Waals surface area contributed by atoms with Crippen molar-refractivity contribution in [2.45, 2.75) is 6.54 Å². The van der Waals surface area contributed by atoms with E-state index < -0.39 is 5.97 Å². The molecule has 0 N–H and O–H groups in total. The lowest BCUT2D eigenvalue weighted by molar-refractivity contribution is 0.0594. The Hall–Kier alpha value is -2.45. The quantitative estimate of drug-likeness (QED) is 0.669. The highest BCUT2D eigenvalue weighted by molar-refractivity contribution is 7.09. The van der Waals surface area contributed by atoms with Crippen LogP contribution in [0.3, 0.4) is 0 Å². The topological polar surface area (TPSA) is 78.0 Å². The SMILES string of the molecule is COCCN(Cc1nc(C(=O)OC)cs1)C(=O)c1ccc(OC)cc1. The first-order valence-corrected chi connectivity index (χ1v) is 8.42. The molecule has 0 aliphatic carbocycles. The summed E-state index contributed by atoms with van der Waals surface area (Å²) in [5, 5.41) is 2.27. The van der Waals surface area contributed by atoms with Crippen molar-refractivity contribution in [3.05, 3.63) is 45.9 Å². The molecule has 0 atom stereocenters. The van der Waals surface area contributed by atoms with Crippen molar-refractivity contribution in [1.29, 1.82) is 0 Å². The van der Waals surface area contributed by atoms with Gasteiger partial charge in [-0.2, -0.15) is 0 Å². The van der Waals surface area contributed by atoms with E-state index in [4.69, 9.17) is 9.47 Å². The predicted molar refractivity (Wildman–Crippen MR) is 93.1 cm³/mol. The first kappa shape index (κ1) is 18.9. The van der Waals surface area contributed by atoms with Crippen molar-refractivity contribution in [2.75, 3.05) is 34.5 Å². The summed E-state index contributed by atoms with van der Waals surface area (Å²) in [6, 6.07) is 6.90. The fourth-order valence-corrected chi connectivity index (χ4v) is 2.89. The van der Waals surface area contributed by atoms with E-state index in [1.165, 1.54) is 18.4 Å². The molecule has 0 unspecified atom stereocenters. The van der Waals surface area contributed by atoms with Crippen molar-refractivity contribution in [1.82, 2.24) is 9.88 Å². The van der Waals surface area contributed by atoms with Crippen LogP contribution in [0.4, 0.5) is 0 Å². The van der Waals surface area contributed by atoms with Crippen LogP contribution < -0.4 is 4.74 Å². The van der Waals surface area contributed by atoms with E-state index in [1.807, 2.05) is 0 Å². The number of hydrogen-bond donors (Lipinski definition) is 0. The fraction of sp³-hybridized carbons (Fsp3) is 0.353. The third kappa shape index (κ3) is 5.01. The van der Waals surface area contributed by atoms with E-state index in [0.717, 1.165) is 0 Å². The molecule has 1 aromatic heterocycles. The van der Waals surface area contributed by atoms with Crippen molar-refractivity contribution < 1.29 is 23.8 Å². The first-order chi connectivity index (χ1) is 12.1. The molecule has 25 heavy (non-hydrogen) atoms. The third-order valence-electron chi connectivity index (χ3n) is 3.46.